The molecule has 0 aromatic heterocycles. The molecule has 1 aliphatic heterocycles. The van der Waals surface area contributed by atoms with Crippen molar-refractivity contribution in [1.29, 1.82) is 0 Å². The molecule has 0 saturated heterocycles. The van der Waals surface area contributed by atoms with Crippen LogP contribution < -0.4 is 10.1 Å². The highest BCUT2D eigenvalue weighted by molar-refractivity contribution is 9.10. The second-order valence-corrected chi connectivity index (χ2v) is 9.12. The van der Waals surface area contributed by atoms with Crippen molar-refractivity contribution < 1.29 is 22.7 Å². The summed E-state index contributed by atoms with van der Waals surface area (Å²) >= 11 is 3.35. The van der Waals surface area contributed by atoms with Crippen LogP contribution in [-0.2, 0) is 26.2 Å². The number of ether oxygens (including phenoxy) is 1. The maximum Gasteiger partial charge on any atom is 0.268 e. The molecule has 0 spiro atoms. The van der Waals surface area contributed by atoms with Gasteiger partial charge in [-0.05, 0) is 54.4 Å². The lowest BCUT2D eigenvalue weighted by atomic mass is 10.1. The molecule has 2 aromatic carbocycles. The number of halogens is 1. The van der Waals surface area contributed by atoms with Gasteiger partial charge in [-0.15, -0.1) is 0 Å². The van der Waals surface area contributed by atoms with Crippen molar-refractivity contribution >= 4 is 42.7 Å². The molecular weight excluding hydrogens is 460 g/mol. The maximum atomic E-state index is 13.0. The van der Waals surface area contributed by atoms with Crippen molar-refractivity contribution in [3.05, 3.63) is 69.7 Å². The first-order valence-electron chi connectivity index (χ1n) is 8.67. The van der Waals surface area contributed by atoms with Crippen LogP contribution in [0.2, 0.25) is 0 Å². The molecule has 7 nitrogen and oxygen atoms in total. The standard InChI is InChI=1S/C20H19BrN2O5S/c1-13-19(15-6-8-17(28-2)9-7-15)29(26,27)23(20(13)25)12-18(24)22-11-14-4-3-5-16(21)10-14/h3-10H,11-12H2,1-2H3,(H,22,24). The number of benzene rings is 2. The molecule has 0 bridgehead atoms. The molecule has 9 heteroatoms. The summed E-state index contributed by atoms with van der Waals surface area (Å²) in [5.74, 6) is -0.698. The second-order valence-electron chi connectivity index (χ2n) is 6.41. The van der Waals surface area contributed by atoms with Crippen molar-refractivity contribution in [2.45, 2.75) is 13.5 Å². The number of sulfonamides is 1. The molecule has 2 amide bonds. The Hall–Kier alpha value is -2.65. The number of carbonyl (C=O) groups excluding carboxylic acids is 2. The number of hydrogen-bond acceptors (Lipinski definition) is 5. The summed E-state index contributed by atoms with van der Waals surface area (Å²) in [6.07, 6.45) is 0. The Morgan fingerprint density at radius 3 is 2.48 bits per heavy atom. The van der Waals surface area contributed by atoms with Gasteiger partial charge in [-0.3, -0.25) is 9.59 Å². The van der Waals surface area contributed by atoms with Gasteiger partial charge in [0.15, 0.2) is 0 Å². The molecule has 0 radical (unpaired) electrons. The fourth-order valence-electron chi connectivity index (χ4n) is 3.00. The first-order chi connectivity index (χ1) is 13.7. The summed E-state index contributed by atoms with van der Waals surface area (Å²) < 4.78 is 32.5. The largest absolute Gasteiger partial charge is 0.497 e. The summed E-state index contributed by atoms with van der Waals surface area (Å²) in [6.45, 7) is 1.09. The monoisotopic (exact) mass is 478 g/mol. The van der Waals surface area contributed by atoms with Crippen molar-refractivity contribution in [1.82, 2.24) is 9.62 Å². The van der Waals surface area contributed by atoms with E-state index in [1.807, 2.05) is 24.3 Å². The van der Waals surface area contributed by atoms with Crippen LogP contribution in [0.25, 0.3) is 4.91 Å². The summed E-state index contributed by atoms with van der Waals surface area (Å²) in [5, 5.41) is 2.64. The van der Waals surface area contributed by atoms with E-state index < -0.39 is 28.4 Å². The number of amides is 2. The number of methoxy groups -OCH3 is 1. The van der Waals surface area contributed by atoms with Crippen molar-refractivity contribution in [2.24, 2.45) is 0 Å². The molecule has 0 unspecified atom stereocenters. The quantitative estimate of drug-likeness (QED) is 0.688. The highest BCUT2D eigenvalue weighted by Gasteiger charge is 2.43. The molecule has 0 aliphatic carbocycles. The van der Waals surface area contributed by atoms with Crippen molar-refractivity contribution in [3.63, 3.8) is 0 Å². The first kappa shape index (κ1) is 21.1. The van der Waals surface area contributed by atoms with Crippen LogP contribution in [0, 0.1) is 0 Å². The molecular formula is C20H19BrN2O5S. The Kier molecular flexibility index (Phi) is 6.09. The number of nitrogens with zero attached hydrogens (tertiary/aromatic N) is 1. The SMILES string of the molecule is COc1ccc(C2=C(C)C(=O)N(CC(=O)NCc3cccc(Br)c3)S2(=O)=O)cc1. The Bertz CT molecular complexity index is 1090. The lowest BCUT2D eigenvalue weighted by molar-refractivity contribution is -0.128. The van der Waals surface area contributed by atoms with Crippen molar-refractivity contribution in [2.75, 3.05) is 13.7 Å². The van der Waals surface area contributed by atoms with E-state index >= 15 is 0 Å². The molecule has 29 heavy (non-hydrogen) atoms. The summed E-state index contributed by atoms with van der Waals surface area (Å²) in [4.78, 5) is 24.8. The Morgan fingerprint density at radius 1 is 1.17 bits per heavy atom. The van der Waals surface area contributed by atoms with E-state index in [1.165, 1.54) is 14.0 Å². The fourth-order valence-corrected chi connectivity index (χ4v) is 5.21. The van der Waals surface area contributed by atoms with Crippen LogP contribution in [0.3, 0.4) is 0 Å². The van der Waals surface area contributed by atoms with Crippen LogP contribution in [0.15, 0.2) is 58.6 Å². The molecule has 1 heterocycles. The minimum absolute atomic E-state index is 0.0787. The van der Waals surface area contributed by atoms with Gasteiger partial charge in [-0.2, -0.15) is 0 Å². The third kappa shape index (κ3) is 4.35. The van der Waals surface area contributed by atoms with E-state index in [0.717, 1.165) is 10.0 Å². The summed E-state index contributed by atoms with van der Waals surface area (Å²) in [7, 11) is -2.63. The van der Waals surface area contributed by atoms with Gasteiger partial charge in [-0.1, -0.05) is 28.1 Å². The zero-order valence-corrected chi connectivity index (χ0v) is 18.2. The van der Waals surface area contributed by atoms with Crippen molar-refractivity contribution in [3.8, 4) is 5.75 Å². The molecule has 0 fully saturated rings. The zero-order chi connectivity index (χ0) is 21.2. The van der Waals surface area contributed by atoms with E-state index in [-0.39, 0.29) is 17.0 Å². The van der Waals surface area contributed by atoms with Crippen LogP contribution in [0.5, 0.6) is 5.75 Å². The second kappa shape index (κ2) is 8.38. The predicted molar refractivity (Wildman–Crippen MR) is 112 cm³/mol. The summed E-state index contributed by atoms with van der Waals surface area (Å²) in [6, 6.07) is 13.7. The third-order valence-corrected chi connectivity index (χ3v) is 6.88. The normalized spacial score (nSPS) is 15.6. The first-order valence-corrected chi connectivity index (χ1v) is 10.9. The van der Waals surface area contributed by atoms with Gasteiger partial charge in [0.2, 0.25) is 5.91 Å². The van der Waals surface area contributed by atoms with Gasteiger partial charge in [-0.25, -0.2) is 12.7 Å². The van der Waals surface area contributed by atoms with Crippen LogP contribution in [-0.4, -0.2) is 38.2 Å². The lowest BCUT2D eigenvalue weighted by Gasteiger charge is -2.16. The molecule has 1 aliphatic rings. The van der Waals surface area contributed by atoms with E-state index in [1.54, 1.807) is 24.3 Å². The zero-order valence-electron chi connectivity index (χ0n) is 15.8. The van der Waals surface area contributed by atoms with E-state index in [2.05, 4.69) is 21.2 Å². The average Bonchev–Trinajstić information content (AvgIpc) is 2.86. The van der Waals surface area contributed by atoms with E-state index in [0.29, 0.717) is 15.6 Å². The van der Waals surface area contributed by atoms with E-state index in [4.69, 9.17) is 4.74 Å². The molecule has 0 atom stereocenters. The average molecular weight is 479 g/mol. The van der Waals surface area contributed by atoms with Crippen LogP contribution >= 0.6 is 15.9 Å². The van der Waals surface area contributed by atoms with Gasteiger partial charge in [0.1, 0.15) is 17.2 Å². The fraction of sp³-hybridized carbons (Fsp3) is 0.200. The highest BCUT2D eigenvalue weighted by atomic mass is 79.9. The van der Waals surface area contributed by atoms with Gasteiger partial charge >= 0.3 is 0 Å². The maximum absolute atomic E-state index is 13.0. The topological polar surface area (TPSA) is 92.8 Å². The van der Waals surface area contributed by atoms with Gasteiger partial charge < -0.3 is 10.1 Å². The van der Waals surface area contributed by atoms with Gasteiger partial charge in [0.05, 0.1) is 7.11 Å². The molecule has 152 valence electrons. The highest BCUT2D eigenvalue weighted by Crippen LogP contribution is 2.35. The molecule has 0 saturated carbocycles. The van der Waals surface area contributed by atoms with Crippen LogP contribution in [0.1, 0.15) is 18.1 Å². The number of rotatable bonds is 6. The minimum atomic E-state index is -4.13. The van der Waals surface area contributed by atoms with Gasteiger partial charge in [0, 0.05) is 16.6 Å². The summed E-state index contributed by atoms with van der Waals surface area (Å²) in [5.41, 5.74) is 1.29. The molecule has 1 N–H and O–H groups in total. The smallest absolute Gasteiger partial charge is 0.268 e. The number of carbonyl (C=O) groups is 2. The number of hydrogen-bond donors (Lipinski definition) is 1. The minimum Gasteiger partial charge on any atom is -0.497 e. The van der Waals surface area contributed by atoms with Gasteiger partial charge in [0.25, 0.3) is 15.9 Å². The Morgan fingerprint density at radius 2 is 1.86 bits per heavy atom. The van der Waals surface area contributed by atoms with Crippen LogP contribution in [0.4, 0.5) is 0 Å². The molecule has 2 aromatic rings. The Labute approximate surface area is 177 Å². The third-order valence-electron chi connectivity index (χ3n) is 4.45. The number of nitrogens with one attached hydrogen (secondary N) is 1. The predicted octanol–water partition coefficient (Wildman–Crippen LogP) is 2.68. The van der Waals surface area contributed by atoms with E-state index in [9.17, 15) is 18.0 Å². The lowest BCUT2D eigenvalue weighted by Crippen LogP contribution is -2.40. The Balaban J connectivity index is 1.75. The molecule has 3 rings (SSSR count).